The zero-order chi connectivity index (χ0) is 26.3. The van der Waals surface area contributed by atoms with Gasteiger partial charge in [0.2, 0.25) is 0 Å². The maximum atomic E-state index is 15.2. The van der Waals surface area contributed by atoms with Crippen LogP contribution in [0.2, 0.25) is 0 Å². The van der Waals surface area contributed by atoms with E-state index in [1.807, 2.05) is 40.9 Å². The molecule has 0 aliphatic carbocycles. The maximum absolute atomic E-state index is 15.2. The van der Waals surface area contributed by atoms with Crippen LogP contribution in [0.3, 0.4) is 0 Å². The molecule has 1 amide bonds. The van der Waals surface area contributed by atoms with E-state index in [9.17, 15) is 4.79 Å². The number of amides is 1. The Hall–Kier alpha value is -1.47. The van der Waals surface area contributed by atoms with Crippen LogP contribution in [0.5, 0.6) is 6.01 Å². The number of halogens is 3. The second-order valence-electron chi connectivity index (χ2n) is 11.0. The number of ether oxygens (including phenoxy) is 2. The molecular weight excluding hydrogens is 644 g/mol. The molecule has 1 aromatic carbocycles. The number of anilines is 1. The van der Waals surface area contributed by atoms with Crippen LogP contribution in [0.15, 0.2) is 10.5 Å². The summed E-state index contributed by atoms with van der Waals surface area (Å²) in [6.07, 6.45) is 2.42. The van der Waals surface area contributed by atoms with Crippen molar-refractivity contribution in [2.75, 3.05) is 58.3 Å². The lowest BCUT2D eigenvalue weighted by atomic mass is 9.72. The zero-order valence-corrected chi connectivity index (χ0v) is 25.3. The predicted octanol–water partition coefficient (Wildman–Crippen LogP) is 5.30. The standard InChI is InChI=1S/C25H34BrFIN5O3/c1-24(2,3)36-23(34)33-14-25(15-33)7-10-32(11-8-25)21-16-13-17(28)18(26)19(27)20(16)29-22(30-21)35-12-6-9-31(4)5/h13H,6-12,14-15H2,1-5H3. The summed E-state index contributed by atoms with van der Waals surface area (Å²) in [5, 5.41) is 0.681. The largest absolute Gasteiger partial charge is 0.463 e. The van der Waals surface area contributed by atoms with E-state index in [2.05, 4.69) is 53.3 Å². The SMILES string of the molecule is CN(C)CCCOc1nc(N2CCC3(CC2)CN(C(=O)OC(C)(C)C)C3)c2cc(I)c(Br)c(F)c2n1. The summed E-state index contributed by atoms with van der Waals surface area (Å²) in [6.45, 7) is 9.94. The van der Waals surface area contributed by atoms with E-state index < -0.39 is 11.4 Å². The second-order valence-corrected chi connectivity index (χ2v) is 13.0. The number of nitrogens with zero attached hydrogens (tertiary/aromatic N) is 5. The third-order valence-corrected chi connectivity index (χ3v) is 8.96. The number of rotatable bonds is 6. The Balaban J connectivity index is 1.50. The summed E-state index contributed by atoms with van der Waals surface area (Å²) < 4.78 is 27.8. The number of hydrogen-bond acceptors (Lipinski definition) is 7. The highest BCUT2D eigenvalue weighted by Crippen LogP contribution is 2.43. The van der Waals surface area contributed by atoms with Gasteiger partial charge in [-0.3, -0.25) is 0 Å². The molecule has 3 heterocycles. The molecule has 4 rings (SSSR count). The van der Waals surface area contributed by atoms with E-state index in [0.29, 0.717) is 35.4 Å². The molecule has 2 fully saturated rings. The Kier molecular flexibility index (Phi) is 8.21. The van der Waals surface area contributed by atoms with Crippen molar-refractivity contribution < 1.29 is 18.7 Å². The fourth-order valence-corrected chi connectivity index (χ4v) is 5.57. The minimum absolute atomic E-state index is 0.102. The van der Waals surface area contributed by atoms with Crippen molar-refractivity contribution in [2.45, 2.75) is 45.6 Å². The minimum Gasteiger partial charge on any atom is -0.463 e. The molecule has 11 heteroatoms. The lowest BCUT2D eigenvalue weighted by Crippen LogP contribution is -2.62. The number of piperidine rings is 1. The number of carbonyl (C=O) groups is 1. The quantitative estimate of drug-likeness (QED) is 0.233. The van der Waals surface area contributed by atoms with Crippen LogP contribution in [0.1, 0.15) is 40.0 Å². The van der Waals surface area contributed by atoms with E-state index in [-0.39, 0.29) is 23.0 Å². The smallest absolute Gasteiger partial charge is 0.410 e. The molecular formula is C25H34BrFIN5O3. The number of benzene rings is 1. The number of aromatic nitrogens is 2. The van der Waals surface area contributed by atoms with Gasteiger partial charge in [0.15, 0.2) is 5.82 Å². The zero-order valence-electron chi connectivity index (χ0n) is 21.5. The van der Waals surface area contributed by atoms with Crippen molar-refractivity contribution >= 4 is 61.3 Å². The third kappa shape index (κ3) is 6.15. The summed E-state index contributed by atoms with van der Waals surface area (Å²) in [7, 11) is 4.02. The molecule has 0 unspecified atom stereocenters. The van der Waals surface area contributed by atoms with Crippen molar-refractivity contribution in [3.63, 3.8) is 0 Å². The number of fused-ring (bicyclic) bond motifs is 1. The van der Waals surface area contributed by atoms with Gasteiger partial charge in [-0.05, 0) is 98.7 Å². The van der Waals surface area contributed by atoms with Crippen LogP contribution < -0.4 is 9.64 Å². The number of carbonyl (C=O) groups excluding carboxylic acids is 1. The molecule has 2 aromatic rings. The van der Waals surface area contributed by atoms with Gasteiger partial charge in [0, 0.05) is 47.1 Å². The first kappa shape index (κ1) is 27.6. The Morgan fingerprint density at radius 2 is 1.92 bits per heavy atom. The molecule has 0 radical (unpaired) electrons. The molecule has 36 heavy (non-hydrogen) atoms. The van der Waals surface area contributed by atoms with E-state index >= 15 is 4.39 Å². The van der Waals surface area contributed by atoms with E-state index in [1.54, 1.807) is 4.90 Å². The van der Waals surface area contributed by atoms with Crippen molar-refractivity contribution in [1.82, 2.24) is 19.8 Å². The number of likely N-dealkylation sites (tertiary alicyclic amines) is 1. The molecule has 0 atom stereocenters. The van der Waals surface area contributed by atoms with Gasteiger partial charge in [0.25, 0.3) is 0 Å². The first-order valence-electron chi connectivity index (χ1n) is 12.2. The molecule has 2 aliphatic heterocycles. The van der Waals surface area contributed by atoms with Gasteiger partial charge in [-0.25, -0.2) is 9.18 Å². The van der Waals surface area contributed by atoms with Crippen LogP contribution in [-0.4, -0.2) is 84.9 Å². The predicted molar refractivity (Wildman–Crippen MR) is 150 cm³/mol. The lowest BCUT2D eigenvalue weighted by molar-refractivity contribution is -0.0434. The van der Waals surface area contributed by atoms with E-state index in [1.165, 1.54) is 0 Å². The summed E-state index contributed by atoms with van der Waals surface area (Å²) in [5.74, 6) is 0.296. The molecule has 1 spiro atoms. The Bertz CT molecular complexity index is 1130. The van der Waals surface area contributed by atoms with Crippen LogP contribution >= 0.6 is 38.5 Å². The Labute approximate surface area is 234 Å². The highest BCUT2D eigenvalue weighted by atomic mass is 127. The average molecular weight is 678 g/mol. The molecule has 0 bridgehead atoms. The highest BCUT2D eigenvalue weighted by molar-refractivity contribution is 14.1. The van der Waals surface area contributed by atoms with Crippen molar-refractivity contribution in [3.8, 4) is 6.01 Å². The van der Waals surface area contributed by atoms with E-state index in [0.717, 1.165) is 42.5 Å². The summed E-state index contributed by atoms with van der Waals surface area (Å²) in [6, 6.07) is 2.12. The summed E-state index contributed by atoms with van der Waals surface area (Å²) in [5.41, 5.74) is -0.134. The van der Waals surface area contributed by atoms with Crippen LogP contribution in [0.25, 0.3) is 10.9 Å². The Morgan fingerprint density at radius 1 is 1.25 bits per heavy atom. The van der Waals surface area contributed by atoms with Gasteiger partial charge in [0.1, 0.15) is 16.9 Å². The monoisotopic (exact) mass is 677 g/mol. The van der Waals surface area contributed by atoms with Gasteiger partial charge < -0.3 is 24.2 Å². The fourth-order valence-electron chi connectivity index (χ4n) is 4.71. The van der Waals surface area contributed by atoms with Crippen LogP contribution in [0, 0.1) is 14.8 Å². The number of hydrogen-bond donors (Lipinski definition) is 0. The van der Waals surface area contributed by atoms with Crippen LogP contribution in [-0.2, 0) is 4.74 Å². The molecule has 0 saturated carbocycles. The molecule has 2 saturated heterocycles. The van der Waals surface area contributed by atoms with Gasteiger partial charge >= 0.3 is 12.1 Å². The van der Waals surface area contributed by atoms with Crippen molar-refractivity contribution in [1.29, 1.82) is 0 Å². The van der Waals surface area contributed by atoms with Crippen molar-refractivity contribution in [2.24, 2.45) is 5.41 Å². The normalized spacial score (nSPS) is 17.6. The first-order valence-corrected chi connectivity index (χ1v) is 14.1. The van der Waals surface area contributed by atoms with Crippen molar-refractivity contribution in [3.05, 3.63) is 19.9 Å². The first-order chi connectivity index (χ1) is 16.9. The summed E-state index contributed by atoms with van der Waals surface area (Å²) >= 11 is 5.47. The molecule has 1 aromatic heterocycles. The molecule has 8 nitrogen and oxygen atoms in total. The van der Waals surface area contributed by atoms with Gasteiger partial charge in [-0.1, -0.05) is 0 Å². The molecule has 0 N–H and O–H groups in total. The highest BCUT2D eigenvalue weighted by Gasteiger charge is 2.48. The topological polar surface area (TPSA) is 71.0 Å². The lowest BCUT2D eigenvalue weighted by Gasteiger charge is -2.53. The fraction of sp³-hybridized carbons (Fsp3) is 0.640. The average Bonchev–Trinajstić information content (AvgIpc) is 2.77. The van der Waals surface area contributed by atoms with Gasteiger partial charge in [-0.15, -0.1) is 0 Å². The Morgan fingerprint density at radius 3 is 2.53 bits per heavy atom. The van der Waals surface area contributed by atoms with Crippen LogP contribution in [0.4, 0.5) is 15.0 Å². The second kappa shape index (κ2) is 10.7. The van der Waals surface area contributed by atoms with Gasteiger partial charge in [-0.2, -0.15) is 9.97 Å². The maximum Gasteiger partial charge on any atom is 0.410 e. The minimum atomic E-state index is -0.495. The van der Waals surface area contributed by atoms with E-state index in [4.69, 9.17) is 14.5 Å². The third-order valence-electron chi connectivity index (χ3n) is 6.60. The molecule has 198 valence electrons. The van der Waals surface area contributed by atoms with Gasteiger partial charge in [0.05, 0.1) is 11.1 Å². The summed E-state index contributed by atoms with van der Waals surface area (Å²) in [4.78, 5) is 27.6. The molecule has 2 aliphatic rings.